The number of rotatable bonds is 16. The predicted molar refractivity (Wildman–Crippen MR) is 123 cm³/mol. The molecule has 4 nitrogen and oxygen atoms in total. The van der Waals surface area contributed by atoms with Crippen molar-refractivity contribution in [2.75, 3.05) is 6.61 Å². The van der Waals surface area contributed by atoms with Crippen molar-refractivity contribution in [1.29, 1.82) is 0 Å². The maximum atomic E-state index is 12.7. The average Bonchev–Trinajstić information content (AvgIpc) is 2.76. The van der Waals surface area contributed by atoms with E-state index >= 15 is 0 Å². The van der Waals surface area contributed by atoms with E-state index in [9.17, 15) is 9.59 Å². The number of ether oxygens (including phenoxy) is 2. The summed E-state index contributed by atoms with van der Waals surface area (Å²) in [6, 6.07) is 6.79. The predicted octanol–water partition coefficient (Wildman–Crippen LogP) is 7.36. The normalized spacial score (nSPS) is 12.9. The van der Waals surface area contributed by atoms with Crippen LogP contribution in [0.5, 0.6) is 0 Å². The van der Waals surface area contributed by atoms with Gasteiger partial charge in [-0.1, -0.05) is 91.2 Å². The maximum absolute atomic E-state index is 12.7. The topological polar surface area (TPSA) is 52.6 Å². The van der Waals surface area contributed by atoms with Crippen LogP contribution in [0.25, 0.3) is 0 Å². The Hall–Kier alpha value is -1.84. The molecule has 0 aliphatic heterocycles. The second-order valence-corrected chi connectivity index (χ2v) is 8.27. The molecule has 2 unspecified atom stereocenters. The quantitative estimate of drug-likeness (QED) is 0.208. The Balaban J connectivity index is 2.51. The van der Waals surface area contributed by atoms with Crippen LogP contribution in [0.4, 0.5) is 0 Å². The van der Waals surface area contributed by atoms with Crippen molar-refractivity contribution in [2.45, 2.75) is 104 Å². The van der Waals surface area contributed by atoms with E-state index in [0.29, 0.717) is 23.7 Å². The molecule has 0 saturated heterocycles. The van der Waals surface area contributed by atoms with Crippen LogP contribution in [0, 0.1) is 5.92 Å². The molecule has 2 atom stereocenters. The summed E-state index contributed by atoms with van der Waals surface area (Å²) < 4.78 is 11.2. The minimum absolute atomic E-state index is 0.140. The summed E-state index contributed by atoms with van der Waals surface area (Å²) in [5.41, 5.74) is 0.584. The van der Waals surface area contributed by atoms with E-state index in [1.54, 1.807) is 24.3 Å². The SMILES string of the molecule is CCCCCCCCCCOC(=O)c1ccccc1C(=O)OC(CC)C(C)CCC. The van der Waals surface area contributed by atoms with E-state index in [-0.39, 0.29) is 6.10 Å². The van der Waals surface area contributed by atoms with Crippen molar-refractivity contribution in [1.82, 2.24) is 0 Å². The molecule has 4 heteroatoms. The van der Waals surface area contributed by atoms with Gasteiger partial charge in [0.1, 0.15) is 6.10 Å². The lowest BCUT2D eigenvalue weighted by Gasteiger charge is -2.23. The maximum Gasteiger partial charge on any atom is 0.339 e. The highest BCUT2D eigenvalue weighted by atomic mass is 16.5. The lowest BCUT2D eigenvalue weighted by Crippen LogP contribution is -2.26. The van der Waals surface area contributed by atoms with E-state index in [1.165, 1.54) is 38.5 Å². The minimum Gasteiger partial charge on any atom is -0.462 e. The largest absolute Gasteiger partial charge is 0.462 e. The number of carbonyl (C=O) groups excluding carboxylic acids is 2. The molecule has 0 bridgehead atoms. The second-order valence-electron chi connectivity index (χ2n) is 8.27. The Bertz CT molecular complexity index is 611. The number of benzene rings is 1. The van der Waals surface area contributed by atoms with Crippen LogP contribution in [0.1, 0.15) is 119 Å². The van der Waals surface area contributed by atoms with Gasteiger partial charge in [0.15, 0.2) is 0 Å². The zero-order valence-corrected chi connectivity index (χ0v) is 19.6. The molecule has 1 rings (SSSR count). The van der Waals surface area contributed by atoms with Gasteiger partial charge < -0.3 is 9.47 Å². The first-order valence-corrected chi connectivity index (χ1v) is 12.0. The first-order valence-electron chi connectivity index (χ1n) is 12.0. The zero-order chi connectivity index (χ0) is 22.2. The highest BCUT2D eigenvalue weighted by Gasteiger charge is 2.24. The van der Waals surface area contributed by atoms with Crippen LogP contribution in [0.15, 0.2) is 24.3 Å². The molecule has 0 amide bonds. The van der Waals surface area contributed by atoms with Gasteiger partial charge in [0, 0.05) is 0 Å². The van der Waals surface area contributed by atoms with E-state index in [0.717, 1.165) is 32.1 Å². The third kappa shape index (κ3) is 9.77. The fourth-order valence-electron chi connectivity index (χ4n) is 3.76. The summed E-state index contributed by atoms with van der Waals surface area (Å²) in [6.07, 6.45) is 12.2. The molecule has 1 aromatic carbocycles. The number of carbonyl (C=O) groups is 2. The molecule has 0 heterocycles. The number of unbranched alkanes of at least 4 members (excludes halogenated alkanes) is 7. The van der Waals surface area contributed by atoms with E-state index in [1.807, 2.05) is 6.92 Å². The number of hydrogen-bond acceptors (Lipinski definition) is 4. The van der Waals surface area contributed by atoms with Crippen LogP contribution < -0.4 is 0 Å². The van der Waals surface area contributed by atoms with Crippen molar-refractivity contribution in [3.05, 3.63) is 35.4 Å². The van der Waals surface area contributed by atoms with Gasteiger partial charge in [0.25, 0.3) is 0 Å². The Kier molecular flexibility index (Phi) is 13.9. The van der Waals surface area contributed by atoms with Crippen LogP contribution in [0.3, 0.4) is 0 Å². The fourth-order valence-corrected chi connectivity index (χ4v) is 3.76. The molecular formula is C26H42O4. The van der Waals surface area contributed by atoms with Crippen LogP contribution >= 0.6 is 0 Å². The summed E-state index contributed by atoms with van der Waals surface area (Å²) in [5.74, 6) is -0.588. The number of esters is 2. The third-order valence-corrected chi connectivity index (χ3v) is 5.64. The minimum atomic E-state index is -0.444. The van der Waals surface area contributed by atoms with Gasteiger partial charge in [-0.05, 0) is 37.3 Å². The zero-order valence-electron chi connectivity index (χ0n) is 19.6. The lowest BCUT2D eigenvalue weighted by molar-refractivity contribution is 0.0132. The number of hydrogen-bond donors (Lipinski definition) is 0. The first-order chi connectivity index (χ1) is 14.5. The van der Waals surface area contributed by atoms with Crippen molar-refractivity contribution in [3.63, 3.8) is 0 Å². The average molecular weight is 419 g/mol. The third-order valence-electron chi connectivity index (χ3n) is 5.64. The molecule has 0 radical (unpaired) electrons. The van der Waals surface area contributed by atoms with Gasteiger partial charge in [-0.15, -0.1) is 0 Å². The molecule has 0 aromatic heterocycles. The summed E-state index contributed by atoms with van der Waals surface area (Å²) in [4.78, 5) is 25.3. The van der Waals surface area contributed by atoms with Crippen molar-refractivity contribution in [2.24, 2.45) is 5.92 Å². The molecule has 0 aliphatic rings. The van der Waals surface area contributed by atoms with E-state index < -0.39 is 11.9 Å². The van der Waals surface area contributed by atoms with Gasteiger partial charge in [0.2, 0.25) is 0 Å². The summed E-state index contributed by atoms with van der Waals surface area (Å²) >= 11 is 0. The lowest BCUT2D eigenvalue weighted by atomic mass is 9.97. The van der Waals surface area contributed by atoms with E-state index in [2.05, 4.69) is 20.8 Å². The van der Waals surface area contributed by atoms with Crippen molar-refractivity contribution in [3.8, 4) is 0 Å². The van der Waals surface area contributed by atoms with Gasteiger partial charge in [0.05, 0.1) is 17.7 Å². The highest BCUT2D eigenvalue weighted by molar-refractivity contribution is 6.03. The van der Waals surface area contributed by atoms with Gasteiger partial charge >= 0.3 is 11.9 Å². The highest BCUT2D eigenvalue weighted by Crippen LogP contribution is 2.20. The fraction of sp³-hybridized carbons (Fsp3) is 0.692. The molecule has 170 valence electrons. The molecule has 0 fully saturated rings. The Labute approximate surface area is 183 Å². The second kappa shape index (κ2) is 15.9. The molecular weight excluding hydrogens is 376 g/mol. The van der Waals surface area contributed by atoms with Crippen LogP contribution in [-0.4, -0.2) is 24.6 Å². The van der Waals surface area contributed by atoms with Crippen LogP contribution in [-0.2, 0) is 9.47 Å². The molecule has 1 aromatic rings. The van der Waals surface area contributed by atoms with E-state index in [4.69, 9.17) is 9.47 Å². The molecule has 0 saturated carbocycles. The van der Waals surface area contributed by atoms with Gasteiger partial charge in [-0.3, -0.25) is 0 Å². The summed E-state index contributed by atoms with van der Waals surface area (Å²) in [7, 11) is 0. The molecule has 0 spiro atoms. The molecule has 30 heavy (non-hydrogen) atoms. The van der Waals surface area contributed by atoms with Crippen molar-refractivity contribution < 1.29 is 19.1 Å². The Morgan fingerprint density at radius 3 is 1.93 bits per heavy atom. The smallest absolute Gasteiger partial charge is 0.339 e. The summed E-state index contributed by atoms with van der Waals surface area (Å²) in [6.45, 7) is 8.87. The Morgan fingerprint density at radius 1 is 0.800 bits per heavy atom. The molecule has 0 N–H and O–H groups in total. The van der Waals surface area contributed by atoms with Crippen LogP contribution in [0.2, 0.25) is 0 Å². The summed E-state index contributed by atoms with van der Waals surface area (Å²) in [5, 5.41) is 0. The van der Waals surface area contributed by atoms with Gasteiger partial charge in [-0.2, -0.15) is 0 Å². The van der Waals surface area contributed by atoms with Crippen molar-refractivity contribution >= 4 is 11.9 Å². The Morgan fingerprint density at radius 2 is 1.37 bits per heavy atom. The van der Waals surface area contributed by atoms with Gasteiger partial charge in [-0.25, -0.2) is 9.59 Å². The monoisotopic (exact) mass is 418 g/mol. The molecule has 0 aliphatic carbocycles. The standard InChI is InChI=1S/C26H42O4/c1-5-8-9-10-11-12-13-16-20-29-25(27)22-18-14-15-19-23(22)26(28)30-24(7-3)21(4)17-6-2/h14-15,18-19,21,24H,5-13,16-17,20H2,1-4H3. The first kappa shape index (κ1) is 26.2.